The Kier molecular flexibility index (Phi) is 4.11. The van der Waals surface area contributed by atoms with Gasteiger partial charge in [-0.25, -0.2) is 14.8 Å². The zero-order valence-corrected chi connectivity index (χ0v) is 11.6. The Balaban J connectivity index is 2.32. The van der Waals surface area contributed by atoms with Gasteiger partial charge in [-0.05, 0) is 25.0 Å². The molecule has 2 aromatic rings. The fraction of sp³-hybridized carbons (Fsp3) is 0.308. The van der Waals surface area contributed by atoms with Crippen molar-refractivity contribution in [3.05, 3.63) is 40.0 Å². The number of rotatable bonds is 5. The van der Waals surface area contributed by atoms with Crippen molar-refractivity contribution in [2.75, 3.05) is 5.32 Å². The quantitative estimate of drug-likeness (QED) is 0.878. The maximum atomic E-state index is 11.3. The molecule has 0 fully saturated rings. The van der Waals surface area contributed by atoms with E-state index in [1.54, 1.807) is 36.7 Å². The average Bonchev–Trinajstić information content (AvgIpc) is 2.89. The third-order valence-corrected chi connectivity index (χ3v) is 3.73. The van der Waals surface area contributed by atoms with E-state index in [-0.39, 0.29) is 11.6 Å². The Hall–Kier alpha value is -1.95. The number of hydrogen-bond donors (Lipinski definition) is 2. The topological polar surface area (TPSA) is 75.1 Å². The number of carboxylic acids is 1. The normalized spacial score (nSPS) is 12.1. The zero-order valence-electron chi connectivity index (χ0n) is 10.8. The van der Waals surface area contributed by atoms with E-state index < -0.39 is 5.97 Å². The maximum Gasteiger partial charge on any atom is 0.339 e. The molecule has 0 aliphatic heterocycles. The first-order valence-corrected chi connectivity index (χ1v) is 6.86. The number of nitrogens with zero attached hydrogens (tertiary/aromatic N) is 2. The van der Waals surface area contributed by atoms with Crippen LogP contribution in [0.25, 0.3) is 0 Å². The van der Waals surface area contributed by atoms with E-state index in [2.05, 4.69) is 15.3 Å². The summed E-state index contributed by atoms with van der Waals surface area (Å²) in [5, 5.41) is 15.3. The standard InChI is InChI=1S/C13H15N3O2S/c1-3-9(12-15-6-7-19-12)16-11-10(13(17)18)8(2)4-5-14-11/h4-7,9H,3H2,1-2H3,(H,14,16)(H,17,18). The van der Waals surface area contributed by atoms with Crippen molar-refractivity contribution in [1.82, 2.24) is 9.97 Å². The first-order valence-electron chi connectivity index (χ1n) is 5.98. The number of carboxylic acid groups (broad SMARTS) is 1. The fourth-order valence-corrected chi connectivity index (χ4v) is 2.62. The molecule has 19 heavy (non-hydrogen) atoms. The van der Waals surface area contributed by atoms with Crippen LogP contribution in [-0.4, -0.2) is 21.0 Å². The second kappa shape index (κ2) is 5.79. The van der Waals surface area contributed by atoms with Gasteiger partial charge in [-0.15, -0.1) is 11.3 Å². The molecule has 5 nitrogen and oxygen atoms in total. The summed E-state index contributed by atoms with van der Waals surface area (Å²) in [6, 6.07) is 1.67. The second-order valence-corrected chi connectivity index (χ2v) is 5.06. The van der Waals surface area contributed by atoms with Crippen molar-refractivity contribution in [3.8, 4) is 0 Å². The number of aryl methyl sites for hydroxylation is 1. The van der Waals surface area contributed by atoms with Crippen LogP contribution in [0.4, 0.5) is 5.82 Å². The summed E-state index contributed by atoms with van der Waals surface area (Å²) < 4.78 is 0. The lowest BCUT2D eigenvalue weighted by Gasteiger charge is -2.17. The van der Waals surface area contributed by atoms with Crippen LogP contribution in [0, 0.1) is 6.92 Å². The maximum absolute atomic E-state index is 11.3. The first kappa shape index (κ1) is 13.5. The van der Waals surface area contributed by atoms with Crippen LogP contribution in [0.5, 0.6) is 0 Å². The highest BCUT2D eigenvalue weighted by atomic mass is 32.1. The highest BCUT2D eigenvalue weighted by molar-refractivity contribution is 7.09. The Labute approximate surface area is 115 Å². The summed E-state index contributed by atoms with van der Waals surface area (Å²) in [6.45, 7) is 3.79. The van der Waals surface area contributed by atoms with Gasteiger partial charge in [0, 0.05) is 17.8 Å². The molecule has 2 aromatic heterocycles. The van der Waals surface area contributed by atoms with E-state index in [4.69, 9.17) is 0 Å². The number of anilines is 1. The molecule has 1 unspecified atom stereocenters. The Morgan fingerprint density at radius 3 is 2.84 bits per heavy atom. The minimum atomic E-state index is -0.970. The van der Waals surface area contributed by atoms with E-state index in [0.717, 1.165) is 11.4 Å². The van der Waals surface area contributed by atoms with Crippen LogP contribution in [-0.2, 0) is 0 Å². The monoisotopic (exact) mass is 277 g/mol. The molecular formula is C13H15N3O2S. The summed E-state index contributed by atoms with van der Waals surface area (Å²) in [4.78, 5) is 19.7. The Morgan fingerprint density at radius 2 is 2.26 bits per heavy atom. The number of hydrogen-bond acceptors (Lipinski definition) is 5. The van der Waals surface area contributed by atoms with Gasteiger partial charge in [0.05, 0.1) is 6.04 Å². The molecule has 0 spiro atoms. The van der Waals surface area contributed by atoms with E-state index >= 15 is 0 Å². The molecule has 2 rings (SSSR count). The van der Waals surface area contributed by atoms with Gasteiger partial charge in [-0.3, -0.25) is 0 Å². The zero-order chi connectivity index (χ0) is 13.8. The lowest BCUT2D eigenvalue weighted by molar-refractivity contribution is 0.0696. The van der Waals surface area contributed by atoms with Crippen molar-refractivity contribution in [2.45, 2.75) is 26.3 Å². The van der Waals surface area contributed by atoms with E-state index in [9.17, 15) is 9.90 Å². The van der Waals surface area contributed by atoms with Crippen LogP contribution in [0.1, 0.15) is 40.3 Å². The summed E-state index contributed by atoms with van der Waals surface area (Å²) in [5.41, 5.74) is 0.913. The van der Waals surface area contributed by atoms with Crippen LogP contribution in [0.2, 0.25) is 0 Å². The molecule has 1 atom stereocenters. The van der Waals surface area contributed by atoms with Crippen LogP contribution >= 0.6 is 11.3 Å². The lowest BCUT2D eigenvalue weighted by atomic mass is 10.1. The smallest absolute Gasteiger partial charge is 0.339 e. The van der Waals surface area contributed by atoms with Gasteiger partial charge >= 0.3 is 5.97 Å². The summed E-state index contributed by atoms with van der Waals surface area (Å²) in [7, 11) is 0. The molecule has 6 heteroatoms. The van der Waals surface area contributed by atoms with Crippen molar-refractivity contribution >= 4 is 23.1 Å². The number of pyridine rings is 1. The van der Waals surface area contributed by atoms with Gasteiger partial charge in [0.15, 0.2) is 0 Å². The van der Waals surface area contributed by atoms with Crippen molar-refractivity contribution < 1.29 is 9.90 Å². The molecule has 2 heterocycles. The van der Waals surface area contributed by atoms with Crippen LogP contribution < -0.4 is 5.32 Å². The average molecular weight is 277 g/mol. The molecular weight excluding hydrogens is 262 g/mol. The first-order chi connectivity index (χ1) is 9.13. The molecule has 0 aromatic carbocycles. The largest absolute Gasteiger partial charge is 0.478 e. The highest BCUT2D eigenvalue weighted by Crippen LogP contribution is 2.26. The highest BCUT2D eigenvalue weighted by Gasteiger charge is 2.19. The van der Waals surface area contributed by atoms with Crippen LogP contribution in [0.3, 0.4) is 0 Å². The van der Waals surface area contributed by atoms with Gasteiger partial charge in [-0.2, -0.15) is 0 Å². The SMILES string of the molecule is CCC(Nc1nccc(C)c1C(=O)O)c1nccs1. The number of aromatic nitrogens is 2. The molecule has 0 saturated heterocycles. The second-order valence-electron chi connectivity index (χ2n) is 4.13. The molecule has 0 aliphatic carbocycles. The number of carbonyl (C=O) groups is 1. The minimum absolute atomic E-state index is 0.0209. The van der Waals surface area contributed by atoms with Gasteiger partial charge in [0.1, 0.15) is 16.4 Å². The van der Waals surface area contributed by atoms with Crippen molar-refractivity contribution in [2.24, 2.45) is 0 Å². The predicted molar refractivity (Wildman–Crippen MR) is 74.7 cm³/mol. The third kappa shape index (κ3) is 2.90. The van der Waals surface area contributed by atoms with Gasteiger partial charge in [-0.1, -0.05) is 6.92 Å². The molecule has 2 N–H and O–H groups in total. The Morgan fingerprint density at radius 1 is 1.47 bits per heavy atom. The summed E-state index contributed by atoms with van der Waals surface area (Å²) in [6.07, 6.45) is 4.16. The van der Waals surface area contributed by atoms with Gasteiger partial charge in [0.2, 0.25) is 0 Å². The van der Waals surface area contributed by atoms with Gasteiger partial charge < -0.3 is 10.4 Å². The van der Waals surface area contributed by atoms with E-state index in [1.807, 2.05) is 12.3 Å². The van der Waals surface area contributed by atoms with E-state index in [1.165, 1.54) is 0 Å². The molecule has 0 aliphatic rings. The molecule has 0 radical (unpaired) electrons. The molecule has 0 saturated carbocycles. The predicted octanol–water partition coefficient (Wildman–Crippen LogP) is 3.11. The number of thiazole rings is 1. The fourth-order valence-electron chi connectivity index (χ4n) is 1.85. The lowest BCUT2D eigenvalue weighted by Crippen LogP contribution is -2.15. The number of aromatic carboxylic acids is 1. The van der Waals surface area contributed by atoms with Crippen molar-refractivity contribution in [1.29, 1.82) is 0 Å². The van der Waals surface area contributed by atoms with Crippen LogP contribution in [0.15, 0.2) is 23.8 Å². The molecule has 0 amide bonds. The van der Waals surface area contributed by atoms with E-state index in [0.29, 0.717) is 11.4 Å². The third-order valence-electron chi connectivity index (χ3n) is 2.84. The van der Waals surface area contributed by atoms with Gasteiger partial charge in [0.25, 0.3) is 0 Å². The Bertz CT molecular complexity index is 569. The summed E-state index contributed by atoms with van der Waals surface area (Å²) >= 11 is 1.54. The molecule has 100 valence electrons. The summed E-state index contributed by atoms with van der Waals surface area (Å²) in [5.74, 6) is -0.573. The molecule has 0 bridgehead atoms. The minimum Gasteiger partial charge on any atom is -0.478 e. The number of nitrogens with one attached hydrogen (secondary N) is 1. The van der Waals surface area contributed by atoms with Crippen molar-refractivity contribution in [3.63, 3.8) is 0 Å².